The number of nitrogens with one attached hydrogen (secondary N) is 2. The topological polar surface area (TPSA) is 525 Å². The van der Waals surface area contributed by atoms with Gasteiger partial charge in [-0.2, -0.15) is 0 Å². The highest BCUT2D eigenvalue weighted by Crippen LogP contribution is 2.29. The molecule has 0 spiro atoms. The molecular weight excluding hydrogens is 1680 g/mol. The summed E-state index contributed by atoms with van der Waals surface area (Å²) in [5, 5.41) is 79.8. The Morgan fingerprint density at radius 1 is 0.357 bits per heavy atom. The SMILES string of the molecule is CC(=O)OCc1ccc(O[C@@H]2O[C@H](C(=O)O)[C@@H](O)[C@H](O)[C@H]2O)c(C(=O)NCCOCCOCCOCCOCCOCCN(CCOCCOCCOCCOCCOCCNC(=O)c2cc(COC(C)=O)ccc2O[C@@H]2OC[C@@H](O)[C@H](O)[C@H]2O)CCOCCOCCOCCOCCOCCOCCOCCOCCOCCOCCOCCON=C(C)C)c1. The predicted molar refractivity (Wildman–Crippen MR) is 440 cm³/mol. The van der Waals surface area contributed by atoms with Crippen LogP contribution >= 0.6 is 0 Å². The molecule has 2 aliphatic rings. The Bertz CT molecular complexity index is 3100. The lowest BCUT2D eigenvalue weighted by Gasteiger charge is -2.38. The van der Waals surface area contributed by atoms with E-state index >= 15 is 0 Å². The number of nitrogens with zero attached hydrogens (tertiary/aromatic N) is 2. The van der Waals surface area contributed by atoms with Crippen LogP contribution in [-0.4, -0.2) is 455 Å². The van der Waals surface area contributed by atoms with Gasteiger partial charge < -0.3 is 179 Å². The average molecular weight is 1820 g/mol. The van der Waals surface area contributed by atoms with Crippen LogP contribution in [0.4, 0.5) is 0 Å². The summed E-state index contributed by atoms with van der Waals surface area (Å²) in [5.41, 5.74) is 1.72. The number of hydrogen-bond donors (Lipinski definition) is 9. The number of oxime groups is 1. The smallest absolute Gasteiger partial charge is 0.335 e. The summed E-state index contributed by atoms with van der Waals surface area (Å²) in [4.78, 5) is 68.3. The monoisotopic (exact) mass is 1820 g/mol. The Kier molecular flexibility index (Phi) is 67.0. The molecule has 9 N–H and O–H groups in total. The molecule has 2 aromatic rings. The second-order valence-corrected chi connectivity index (χ2v) is 27.5. The molecule has 2 heterocycles. The molecule has 44 heteroatoms. The van der Waals surface area contributed by atoms with Crippen molar-refractivity contribution in [3.63, 3.8) is 0 Å². The average Bonchev–Trinajstić information content (AvgIpc) is 0.798. The lowest BCUT2D eigenvalue weighted by Crippen LogP contribution is -2.61. The highest BCUT2D eigenvalue weighted by Gasteiger charge is 2.48. The molecule has 44 nitrogen and oxygen atoms in total. The normalized spacial score (nSPS) is 18.2. The zero-order chi connectivity index (χ0) is 90.9. The third-order valence-electron chi connectivity index (χ3n) is 17.2. The molecule has 2 fully saturated rings. The van der Waals surface area contributed by atoms with Gasteiger partial charge in [0, 0.05) is 46.6 Å². The van der Waals surface area contributed by atoms with E-state index in [1.807, 2.05) is 13.8 Å². The van der Waals surface area contributed by atoms with E-state index in [4.69, 9.17) is 133 Å². The van der Waals surface area contributed by atoms with E-state index < -0.39 is 85.0 Å². The van der Waals surface area contributed by atoms with Crippen LogP contribution in [0.15, 0.2) is 41.6 Å². The molecule has 126 heavy (non-hydrogen) atoms. The van der Waals surface area contributed by atoms with Gasteiger partial charge in [0.15, 0.2) is 6.10 Å². The molecule has 2 aliphatic heterocycles. The van der Waals surface area contributed by atoms with Crippen molar-refractivity contribution >= 4 is 35.4 Å². The Morgan fingerprint density at radius 2 is 0.635 bits per heavy atom. The Balaban J connectivity index is 0.999. The molecular formula is C82H138N4O40. The molecule has 0 aromatic heterocycles. The highest BCUT2D eigenvalue weighted by atomic mass is 16.7. The number of carbonyl (C=O) groups is 5. The predicted octanol–water partition coefficient (Wildman–Crippen LogP) is -1.88. The summed E-state index contributed by atoms with van der Waals surface area (Å²) in [5.74, 6) is -4.02. The van der Waals surface area contributed by atoms with Crippen molar-refractivity contribution < 1.29 is 192 Å². The summed E-state index contributed by atoms with van der Waals surface area (Å²) in [6.07, 6.45) is -15.3. The summed E-state index contributed by atoms with van der Waals surface area (Å²) in [6, 6.07) is 8.65. The zero-order valence-electron chi connectivity index (χ0n) is 73.2. The lowest BCUT2D eigenvalue weighted by atomic mass is 9.99. The van der Waals surface area contributed by atoms with Crippen LogP contribution in [0.5, 0.6) is 11.5 Å². The molecule has 2 saturated heterocycles. The minimum atomic E-state index is -1.95. The second-order valence-electron chi connectivity index (χ2n) is 27.5. The molecule has 0 saturated carbocycles. The molecule has 9 atom stereocenters. The van der Waals surface area contributed by atoms with E-state index in [2.05, 4.69) is 20.7 Å². The number of carboxylic acids is 1. The van der Waals surface area contributed by atoms with Crippen molar-refractivity contribution in [2.75, 3.05) is 323 Å². The van der Waals surface area contributed by atoms with Gasteiger partial charge in [0.2, 0.25) is 12.6 Å². The van der Waals surface area contributed by atoms with Gasteiger partial charge in [-0.15, -0.1) is 0 Å². The summed E-state index contributed by atoms with van der Waals surface area (Å²) >= 11 is 0. The van der Waals surface area contributed by atoms with E-state index in [0.29, 0.717) is 275 Å². The van der Waals surface area contributed by atoms with Crippen LogP contribution in [0.25, 0.3) is 0 Å². The summed E-state index contributed by atoms with van der Waals surface area (Å²) < 4.78 is 150. The maximum Gasteiger partial charge on any atom is 0.335 e. The van der Waals surface area contributed by atoms with Crippen molar-refractivity contribution in [3.05, 3.63) is 58.7 Å². The van der Waals surface area contributed by atoms with Crippen LogP contribution in [-0.2, 0) is 151 Å². The molecule has 0 unspecified atom stereocenters. The van der Waals surface area contributed by atoms with Gasteiger partial charge in [-0.1, -0.05) is 17.3 Å². The fourth-order valence-corrected chi connectivity index (χ4v) is 10.7. The number of benzene rings is 2. The van der Waals surface area contributed by atoms with Gasteiger partial charge in [0.1, 0.15) is 67.9 Å². The number of hydrogen-bond acceptors (Lipinski definition) is 41. The third-order valence-corrected chi connectivity index (χ3v) is 17.2. The van der Waals surface area contributed by atoms with E-state index in [9.17, 15) is 59.7 Å². The maximum absolute atomic E-state index is 13.3. The number of rotatable bonds is 84. The van der Waals surface area contributed by atoms with E-state index in [1.54, 1.807) is 6.07 Å². The van der Waals surface area contributed by atoms with Gasteiger partial charge in [-0.3, -0.25) is 24.1 Å². The summed E-state index contributed by atoms with van der Waals surface area (Å²) in [6.45, 7) is 24.1. The van der Waals surface area contributed by atoms with E-state index in [0.717, 1.165) is 5.71 Å². The Morgan fingerprint density at radius 3 is 0.929 bits per heavy atom. The van der Waals surface area contributed by atoms with Crippen LogP contribution in [0, 0.1) is 0 Å². The van der Waals surface area contributed by atoms with Crippen molar-refractivity contribution in [2.24, 2.45) is 5.16 Å². The minimum Gasteiger partial charge on any atom is -0.479 e. The van der Waals surface area contributed by atoms with E-state index in [-0.39, 0.29) is 95.2 Å². The Labute approximate surface area is 735 Å². The van der Waals surface area contributed by atoms with Crippen LogP contribution in [0.1, 0.15) is 59.5 Å². The minimum absolute atomic E-state index is 0.0266. The number of aliphatic hydroxyl groups is 6. The molecule has 0 radical (unpaired) electrons. The van der Waals surface area contributed by atoms with Crippen molar-refractivity contribution in [1.29, 1.82) is 0 Å². The zero-order valence-corrected chi connectivity index (χ0v) is 73.2. The third kappa shape index (κ3) is 56.3. The number of aliphatic carboxylic acids is 1. The first kappa shape index (κ1) is 112. The van der Waals surface area contributed by atoms with E-state index in [1.165, 1.54) is 44.2 Å². The van der Waals surface area contributed by atoms with Gasteiger partial charge >= 0.3 is 17.9 Å². The number of ether oxygens (including phenoxy) is 27. The first-order valence-electron chi connectivity index (χ1n) is 42.3. The van der Waals surface area contributed by atoms with Crippen LogP contribution in [0.2, 0.25) is 0 Å². The number of esters is 2. The Hall–Kier alpha value is -6.34. The second kappa shape index (κ2) is 75.3. The highest BCUT2D eigenvalue weighted by molar-refractivity contribution is 5.97. The van der Waals surface area contributed by atoms with Crippen LogP contribution < -0.4 is 20.1 Å². The summed E-state index contributed by atoms with van der Waals surface area (Å²) in [7, 11) is 0. The fraction of sp³-hybridized carbons (Fsp3) is 0.780. The molecule has 2 amide bonds. The quantitative estimate of drug-likeness (QED) is 0.0152. The van der Waals surface area contributed by atoms with Gasteiger partial charge in [0.05, 0.1) is 301 Å². The fourth-order valence-electron chi connectivity index (χ4n) is 10.7. The van der Waals surface area contributed by atoms with Crippen molar-refractivity contribution in [3.8, 4) is 11.5 Å². The number of carbonyl (C=O) groups excluding carboxylic acids is 4. The standard InChI is InChI=1S/C82H138N4O40/c1-62(2)85-123-56-55-119-54-53-118-52-51-117-50-49-116-48-47-115-46-45-114-44-43-113-42-41-112-40-39-111-38-33-108-28-23-103-18-13-86(11-16-101-21-26-106-31-36-109-34-29-104-24-19-99-14-9-83-78(95)67-57-65(59-120-63(3)87)5-7-70(67)124-81-75(93)72(90)69(89)61-122-81)12-17-102-22-27-107-32-37-110-35-30-105-25-20-100-15-10-84-79(96)68-58-66(60-121-64(4)88)6-8-71(68)125-82-76(94)73(91)74(92)77(126-82)80(97)98/h5-8,57-58,69,72-77,81-82,89-94H,9-56,59-61H2,1-4H3,(H,83,95)(H,84,96)(H,97,98)/t69-,72+,73+,74+,75-,76-,77+,81+,82-/m1/s1. The van der Waals surface area contributed by atoms with Crippen molar-refractivity contribution in [2.45, 2.75) is 96.2 Å². The maximum atomic E-state index is 13.3. The van der Waals surface area contributed by atoms with Gasteiger partial charge in [-0.25, -0.2) is 4.79 Å². The first-order valence-corrected chi connectivity index (χ1v) is 42.3. The van der Waals surface area contributed by atoms with Crippen LogP contribution in [0.3, 0.4) is 0 Å². The molecule has 0 aliphatic carbocycles. The number of amides is 2. The lowest BCUT2D eigenvalue weighted by molar-refractivity contribution is -0.271. The first-order chi connectivity index (χ1) is 61.4. The molecule has 2 aromatic carbocycles. The van der Waals surface area contributed by atoms with Crippen molar-refractivity contribution in [1.82, 2.24) is 15.5 Å². The largest absolute Gasteiger partial charge is 0.479 e. The van der Waals surface area contributed by atoms with Gasteiger partial charge in [0.25, 0.3) is 11.8 Å². The number of carboxylic acid groups (broad SMARTS) is 1. The molecule has 4 rings (SSSR count). The molecule has 726 valence electrons. The molecule has 0 bridgehead atoms. The van der Waals surface area contributed by atoms with Gasteiger partial charge in [-0.05, 0) is 49.2 Å². The number of aliphatic hydroxyl groups excluding tert-OH is 6.